The van der Waals surface area contributed by atoms with E-state index in [1.54, 1.807) is 24.5 Å². The number of pyridine rings is 2. The molecule has 0 saturated carbocycles. The van der Waals surface area contributed by atoms with E-state index < -0.39 is 0 Å². The molecule has 1 saturated heterocycles. The number of piperazine rings is 1. The molecule has 26 heavy (non-hydrogen) atoms. The molecule has 0 unspecified atom stereocenters. The van der Waals surface area contributed by atoms with Crippen LogP contribution in [0, 0.1) is 17.1 Å². The maximum atomic E-state index is 13.9. The van der Waals surface area contributed by atoms with Gasteiger partial charge in [0.15, 0.2) is 0 Å². The van der Waals surface area contributed by atoms with Crippen LogP contribution < -0.4 is 4.90 Å². The summed E-state index contributed by atoms with van der Waals surface area (Å²) in [6.45, 7) is 4.02. The molecule has 1 fully saturated rings. The lowest BCUT2D eigenvalue weighted by atomic mass is 10.1. The number of nitrogens with zero attached hydrogens (tertiary/aromatic N) is 5. The summed E-state index contributed by atoms with van der Waals surface area (Å²) in [6.07, 6.45) is 3.42. The van der Waals surface area contributed by atoms with Gasteiger partial charge in [-0.3, -0.25) is 9.88 Å². The minimum atomic E-state index is -0.225. The number of fused-ring (bicyclic) bond motifs is 1. The number of nitriles is 1. The molecule has 1 aliphatic heterocycles. The molecule has 0 spiro atoms. The van der Waals surface area contributed by atoms with Crippen LogP contribution in [0.2, 0.25) is 0 Å². The average Bonchev–Trinajstić information content (AvgIpc) is 2.68. The number of halogens is 1. The van der Waals surface area contributed by atoms with Crippen molar-refractivity contribution in [1.29, 1.82) is 5.26 Å². The Morgan fingerprint density at radius 3 is 2.69 bits per heavy atom. The molecule has 3 aromatic rings. The van der Waals surface area contributed by atoms with Gasteiger partial charge >= 0.3 is 0 Å². The highest BCUT2D eigenvalue weighted by Crippen LogP contribution is 2.21. The van der Waals surface area contributed by atoms with Crippen molar-refractivity contribution in [2.45, 2.75) is 6.54 Å². The Balaban J connectivity index is 1.47. The normalized spacial score (nSPS) is 15.2. The first kappa shape index (κ1) is 16.4. The van der Waals surface area contributed by atoms with Crippen molar-refractivity contribution in [3.05, 3.63) is 65.7 Å². The number of hydrogen-bond donors (Lipinski definition) is 0. The third-order valence-electron chi connectivity index (χ3n) is 4.71. The largest absolute Gasteiger partial charge is 0.354 e. The zero-order valence-corrected chi connectivity index (χ0v) is 14.3. The lowest BCUT2D eigenvalue weighted by molar-refractivity contribution is 0.250. The third-order valence-corrected chi connectivity index (χ3v) is 4.71. The average molecular weight is 347 g/mol. The first-order valence-electron chi connectivity index (χ1n) is 8.59. The molecular weight excluding hydrogens is 329 g/mol. The predicted molar refractivity (Wildman–Crippen MR) is 98.1 cm³/mol. The van der Waals surface area contributed by atoms with Crippen molar-refractivity contribution in [2.24, 2.45) is 0 Å². The Morgan fingerprint density at radius 2 is 1.88 bits per heavy atom. The molecule has 0 amide bonds. The standard InChI is InChI=1S/C20H18FN5/c21-18-11-16-2-1-4-24-20(16)17(12-18)14-25-6-8-26(9-7-25)19-10-15(13-22)3-5-23-19/h1-5,10-12H,6-9,14H2. The first-order chi connectivity index (χ1) is 12.7. The van der Waals surface area contributed by atoms with Gasteiger partial charge in [-0.15, -0.1) is 0 Å². The summed E-state index contributed by atoms with van der Waals surface area (Å²) in [4.78, 5) is 13.3. The number of rotatable bonds is 3. The summed E-state index contributed by atoms with van der Waals surface area (Å²) in [7, 11) is 0. The zero-order valence-electron chi connectivity index (χ0n) is 14.3. The molecule has 0 atom stereocenters. The van der Waals surface area contributed by atoms with Crippen molar-refractivity contribution in [3.8, 4) is 6.07 Å². The Labute approximate surface area is 151 Å². The highest BCUT2D eigenvalue weighted by Gasteiger charge is 2.19. The summed E-state index contributed by atoms with van der Waals surface area (Å²) in [5.74, 6) is 0.609. The topological polar surface area (TPSA) is 56.1 Å². The Morgan fingerprint density at radius 1 is 1.04 bits per heavy atom. The highest BCUT2D eigenvalue weighted by atomic mass is 19.1. The van der Waals surface area contributed by atoms with Crippen molar-refractivity contribution < 1.29 is 4.39 Å². The smallest absolute Gasteiger partial charge is 0.129 e. The van der Waals surface area contributed by atoms with Crippen LogP contribution in [-0.4, -0.2) is 41.0 Å². The molecule has 130 valence electrons. The van der Waals surface area contributed by atoms with E-state index in [-0.39, 0.29) is 5.82 Å². The fourth-order valence-electron chi connectivity index (χ4n) is 3.38. The second-order valence-corrected chi connectivity index (χ2v) is 6.42. The van der Waals surface area contributed by atoms with Crippen molar-refractivity contribution >= 4 is 16.7 Å². The predicted octanol–water partition coefficient (Wildman–Crippen LogP) is 2.96. The van der Waals surface area contributed by atoms with E-state index in [1.807, 2.05) is 18.2 Å². The highest BCUT2D eigenvalue weighted by molar-refractivity contribution is 5.81. The van der Waals surface area contributed by atoms with E-state index in [9.17, 15) is 4.39 Å². The van der Waals surface area contributed by atoms with Crippen LogP contribution in [0.3, 0.4) is 0 Å². The van der Waals surface area contributed by atoms with Gasteiger partial charge in [0.05, 0.1) is 17.1 Å². The second-order valence-electron chi connectivity index (χ2n) is 6.42. The van der Waals surface area contributed by atoms with Gasteiger partial charge in [0, 0.05) is 50.5 Å². The molecule has 0 radical (unpaired) electrons. The minimum absolute atomic E-state index is 0.225. The van der Waals surface area contributed by atoms with Crippen LogP contribution in [-0.2, 0) is 6.54 Å². The van der Waals surface area contributed by atoms with Gasteiger partial charge in [-0.2, -0.15) is 5.26 Å². The van der Waals surface area contributed by atoms with E-state index in [0.717, 1.165) is 48.5 Å². The van der Waals surface area contributed by atoms with Crippen molar-refractivity contribution in [3.63, 3.8) is 0 Å². The van der Waals surface area contributed by atoms with Crippen LogP contribution in [0.5, 0.6) is 0 Å². The van der Waals surface area contributed by atoms with Crippen LogP contribution in [0.4, 0.5) is 10.2 Å². The molecule has 4 rings (SSSR count). The minimum Gasteiger partial charge on any atom is -0.354 e. The van der Waals surface area contributed by atoms with Gasteiger partial charge in [0.2, 0.25) is 0 Å². The molecular formula is C20H18FN5. The van der Waals surface area contributed by atoms with Crippen LogP contribution in [0.1, 0.15) is 11.1 Å². The Bertz CT molecular complexity index is 973. The molecule has 6 heteroatoms. The number of hydrogen-bond acceptors (Lipinski definition) is 5. The quantitative estimate of drug-likeness (QED) is 0.729. The van der Waals surface area contributed by atoms with Crippen LogP contribution >= 0.6 is 0 Å². The second kappa shape index (κ2) is 7.06. The monoisotopic (exact) mass is 347 g/mol. The fraction of sp³-hybridized carbons (Fsp3) is 0.250. The molecule has 0 aliphatic carbocycles. The number of anilines is 1. The van der Waals surface area contributed by atoms with Gasteiger partial charge in [-0.25, -0.2) is 9.37 Å². The number of benzene rings is 1. The molecule has 0 bridgehead atoms. The molecule has 1 aliphatic rings. The molecule has 2 aromatic heterocycles. The summed E-state index contributed by atoms with van der Waals surface area (Å²) < 4.78 is 13.9. The van der Waals surface area contributed by atoms with E-state index in [2.05, 4.69) is 25.8 Å². The van der Waals surface area contributed by atoms with Crippen molar-refractivity contribution in [1.82, 2.24) is 14.9 Å². The fourth-order valence-corrected chi connectivity index (χ4v) is 3.38. The summed E-state index contributed by atoms with van der Waals surface area (Å²) in [6, 6.07) is 12.5. The number of aromatic nitrogens is 2. The zero-order chi connectivity index (χ0) is 17.9. The molecule has 5 nitrogen and oxygen atoms in total. The molecule has 3 heterocycles. The van der Waals surface area contributed by atoms with E-state index in [1.165, 1.54) is 6.07 Å². The summed E-state index contributed by atoms with van der Waals surface area (Å²) in [5.41, 5.74) is 2.40. The SMILES string of the molecule is N#Cc1ccnc(N2CCN(Cc3cc(F)cc4cccnc34)CC2)c1. The Kier molecular flexibility index (Phi) is 4.46. The van der Waals surface area contributed by atoms with E-state index in [0.29, 0.717) is 12.1 Å². The third kappa shape index (κ3) is 3.35. The maximum Gasteiger partial charge on any atom is 0.129 e. The van der Waals surface area contributed by atoms with Crippen molar-refractivity contribution in [2.75, 3.05) is 31.1 Å². The lowest BCUT2D eigenvalue weighted by Crippen LogP contribution is -2.46. The molecule has 1 aromatic carbocycles. The van der Waals surface area contributed by atoms with Gasteiger partial charge < -0.3 is 4.90 Å². The van der Waals surface area contributed by atoms with E-state index >= 15 is 0 Å². The van der Waals surface area contributed by atoms with Gasteiger partial charge in [0.25, 0.3) is 0 Å². The maximum absolute atomic E-state index is 13.9. The van der Waals surface area contributed by atoms with Gasteiger partial charge in [0.1, 0.15) is 11.6 Å². The van der Waals surface area contributed by atoms with E-state index in [4.69, 9.17) is 5.26 Å². The van der Waals surface area contributed by atoms with Gasteiger partial charge in [-0.05, 0) is 35.9 Å². The van der Waals surface area contributed by atoms with Crippen LogP contribution in [0.15, 0.2) is 48.8 Å². The summed E-state index contributed by atoms with van der Waals surface area (Å²) in [5, 5.41) is 9.87. The lowest BCUT2D eigenvalue weighted by Gasteiger charge is -2.35. The summed E-state index contributed by atoms with van der Waals surface area (Å²) >= 11 is 0. The molecule has 0 N–H and O–H groups in total. The van der Waals surface area contributed by atoms with Crippen LogP contribution in [0.25, 0.3) is 10.9 Å². The Hall–Kier alpha value is -3.04. The van der Waals surface area contributed by atoms with Gasteiger partial charge in [-0.1, -0.05) is 6.07 Å². The first-order valence-corrected chi connectivity index (χ1v) is 8.59.